The van der Waals surface area contributed by atoms with Crippen LogP contribution >= 0.6 is 0 Å². The van der Waals surface area contributed by atoms with E-state index in [0.717, 1.165) is 11.3 Å². The van der Waals surface area contributed by atoms with Gasteiger partial charge in [-0.25, -0.2) is 14.2 Å². The van der Waals surface area contributed by atoms with Crippen molar-refractivity contribution < 1.29 is 4.79 Å². The topological polar surface area (TPSA) is 81.2 Å². The van der Waals surface area contributed by atoms with Crippen molar-refractivity contribution in [3.63, 3.8) is 0 Å². The number of fused-ring (bicyclic) bond motifs is 1. The smallest absolute Gasteiger partial charge is 0.259 e. The van der Waals surface area contributed by atoms with Gasteiger partial charge in [-0.15, -0.1) is 5.10 Å². The molecule has 4 aromatic rings. The van der Waals surface area contributed by atoms with Crippen LogP contribution in [0.15, 0.2) is 55.0 Å². The summed E-state index contributed by atoms with van der Waals surface area (Å²) in [5, 5.41) is 12.9. The predicted octanol–water partition coefficient (Wildman–Crippen LogP) is 1.99. The number of aryl methyl sites for hydroxylation is 1. The van der Waals surface area contributed by atoms with E-state index >= 15 is 0 Å². The number of benzene rings is 1. The lowest BCUT2D eigenvalue weighted by Gasteiger charge is -2.38. The molecule has 8 heteroatoms. The molecule has 0 unspecified atom stereocenters. The first-order valence-corrected chi connectivity index (χ1v) is 8.77. The summed E-state index contributed by atoms with van der Waals surface area (Å²) in [6, 6.07) is 11.9. The first kappa shape index (κ1) is 15.7. The van der Waals surface area contributed by atoms with Crippen LogP contribution in [-0.2, 0) is 0 Å². The van der Waals surface area contributed by atoms with E-state index in [4.69, 9.17) is 0 Å². The number of amides is 1. The molecule has 1 amide bonds. The van der Waals surface area contributed by atoms with Crippen molar-refractivity contribution in [3.8, 4) is 11.3 Å². The molecule has 3 aromatic heterocycles. The van der Waals surface area contributed by atoms with Crippen LogP contribution in [0.5, 0.6) is 0 Å². The highest BCUT2D eigenvalue weighted by Crippen LogP contribution is 2.26. The second-order valence-electron chi connectivity index (χ2n) is 6.66. The predicted molar refractivity (Wildman–Crippen MR) is 98.1 cm³/mol. The summed E-state index contributed by atoms with van der Waals surface area (Å²) < 4.78 is 3.48. The van der Waals surface area contributed by atoms with Crippen molar-refractivity contribution in [2.75, 3.05) is 13.1 Å². The number of aromatic nitrogens is 6. The van der Waals surface area contributed by atoms with E-state index in [-0.39, 0.29) is 11.9 Å². The fraction of sp³-hybridized carbons (Fsp3) is 0.211. The molecule has 4 heterocycles. The van der Waals surface area contributed by atoms with Gasteiger partial charge in [0.2, 0.25) is 0 Å². The van der Waals surface area contributed by atoms with E-state index in [0.29, 0.717) is 30.0 Å². The number of likely N-dealkylation sites (tertiary alicyclic amines) is 1. The third-order valence-corrected chi connectivity index (χ3v) is 4.89. The molecule has 0 atom stereocenters. The monoisotopic (exact) mass is 359 g/mol. The largest absolute Gasteiger partial charge is 0.334 e. The van der Waals surface area contributed by atoms with Crippen molar-refractivity contribution in [1.29, 1.82) is 0 Å². The number of carbonyl (C=O) groups excluding carboxylic acids is 1. The van der Waals surface area contributed by atoms with Gasteiger partial charge in [0, 0.05) is 31.0 Å². The Morgan fingerprint density at radius 3 is 2.78 bits per heavy atom. The van der Waals surface area contributed by atoms with E-state index < -0.39 is 0 Å². The van der Waals surface area contributed by atoms with Gasteiger partial charge in [0.15, 0.2) is 5.65 Å². The molecule has 134 valence electrons. The molecule has 1 fully saturated rings. The van der Waals surface area contributed by atoms with Crippen molar-refractivity contribution in [1.82, 2.24) is 34.5 Å². The minimum Gasteiger partial charge on any atom is -0.334 e. The summed E-state index contributed by atoms with van der Waals surface area (Å²) in [7, 11) is 0. The second kappa shape index (κ2) is 6.01. The van der Waals surface area contributed by atoms with Gasteiger partial charge in [0.1, 0.15) is 11.3 Å². The Hall–Kier alpha value is -3.55. The lowest BCUT2D eigenvalue weighted by Crippen LogP contribution is -2.51. The van der Waals surface area contributed by atoms with Gasteiger partial charge in [0.25, 0.3) is 5.91 Å². The third kappa shape index (κ3) is 2.57. The normalized spacial score (nSPS) is 14.5. The summed E-state index contributed by atoms with van der Waals surface area (Å²) in [5.74, 6) is -0.0409. The zero-order chi connectivity index (χ0) is 18.4. The molecule has 1 aliphatic heterocycles. The summed E-state index contributed by atoms with van der Waals surface area (Å²) in [5.41, 5.74) is 3.72. The Balaban J connectivity index is 1.33. The molecular weight excluding hydrogens is 342 g/mol. The molecule has 1 aliphatic rings. The standard InChI is InChI=1S/C19H17N7O/c1-13-17(18-20-8-5-9-25(18)22-13)19(27)24-10-15(11-24)26-12-16(21-23-26)14-6-3-2-4-7-14/h2-9,12,15H,10-11H2,1H3. The lowest BCUT2D eigenvalue weighted by atomic mass is 10.1. The van der Waals surface area contributed by atoms with Crippen LogP contribution in [0, 0.1) is 6.92 Å². The fourth-order valence-corrected chi connectivity index (χ4v) is 3.39. The molecule has 1 saturated heterocycles. The zero-order valence-electron chi connectivity index (χ0n) is 14.7. The van der Waals surface area contributed by atoms with Gasteiger partial charge in [-0.2, -0.15) is 5.10 Å². The van der Waals surface area contributed by atoms with E-state index in [1.165, 1.54) is 0 Å². The molecule has 0 saturated carbocycles. The van der Waals surface area contributed by atoms with Gasteiger partial charge in [0.05, 0.1) is 17.9 Å². The Bertz CT molecular complexity index is 1130. The summed E-state index contributed by atoms with van der Waals surface area (Å²) >= 11 is 0. The van der Waals surface area contributed by atoms with Crippen molar-refractivity contribution in [3.05, 3.63) is 66.2 Å². The maximum absolute atomic E-state index is 12.9. The maximum Gasteiger partial charge on any atom is 0.259 e. The van der Waals surface area contributed by atoms with Crippen LogP contribution in [0.1, 0.15) is 22.1 Å². The Labute approximate surface area is 155 Å². The van der Waals surface area contributed by atoms with E-state index in [9.17, 15) is 4.79 Å². The molecular formula is C19H17N7O. The minimum absolute atomic E-state index is 0.0409. The quantitative estimate of drug-likeness (QED) is 0.559. The summed E-state index contributed by atoms with van der Waals surface area (Å²) in [6.07, 6.45) is 5.40. The fourth-order valence-electron chi connectivity index (χ4n) is 3.39. The SMILES string of the molecule is Cc1nn2cccnc2c1C(=O)N1CC(n2cc(-c3ccccc3)nn2)C1. The van der Waals surface area contributed by atoms with Gasteiger partial charge >= 0.3 is 0 Å². The Morgan fingerprint density at radius 1 is 1.15 bits per heavy atom. The van der Waals surface area contributed by atoms with Gasteiger partial charge in [-0.1, -0.05) is 35.5 Å². The summed E-state index contributed by atoms with van der Waals surface area (Å²) in [6.45, 7) is 3.03. The molecule has 0 bridgehead atoms. The van der Waals surface area contributed by atoms with Crippen LogP contribution in [0.3, 0.4) is 0 Å². The maximum atomic E-state index is 12.9. The molecule has 0 radical (unpaired) electrons. The molecule has 0 aliphatic carbocycles. The van der Waals surface area contributed by atoms with E-state index in [2.05, 4.69) is 20.4 Å². The number of rotatable bonds is 3. The van der Waals surface area contributed by atoms with Gasteiger partial charge < -0.3 is 4.90 Å². The van der Waals surface area contributed by atoms with Gasteiger partial charge in [-0.05, 0) is 13.0 Å². The highest BCUT2D eigenvalue weighted by molar-refractivity contribution is 6.01. The zero-order valence-corrected chi connectivity index (χ0v) is 14.7. The van der Waals surface area contributed by atoms with E-state index in [1.807, 2.05) is 48.1 Å². The molecule has 0 N–H and O–H groups in total. The molecule has 5 rings (SSSR count). The Kier molecular flexibility index (Phi) is 3.49. The lowest BCUT2D eigenvalue weighted by molar-refractivity contribution is 0.0499. The first-order chi connectivity index (χ1) is 13.2. The Morgan fingerprint density at radius 2 is 1.96 bits per heavy atom. The molecule has 1 aromatic carbocycles. The van der Waals surface area contributed by atoms with Crippen LogP contribution in [0.4, 0.5) is 0 Å². The third-order valence-electron chi connectivity index (χ3n) is 4.89. The van der Waals surface area contributed by atoms with E-state index in [1.54, 1.807) is 27.9 Å². The van der Waals surface area contributed by atoms with Crippen molar-refractivity contribution in [2.24, 2.45) is 0 Å². The average molecular weight is 359 g/mol. The minimum atomic E-state index is -0.0409. The van der Waals surface area contributed by atoms with Crippen LogP contribution < -0.4 is 0 Å². The van der Waals surface area contributed by atoms with Crippen molar-refractivity contribution >= 4 is 11.6 Å². The first-order valence-electron chi connectivity index (χ1n) is 8.77. The highest BCUT2D eigenvalue weighted by atomic mass is 16.2. The van der Waals surface area contributed by atoms with Crippen LogP contribution in [0.2, 0.25) is 0 Å². The van der Waals surface area contributed by atoms with Crippen LogP contribution in [0.25, 0.3) is 16.9 Å². The summed E-state index contributed by atoms with van der Waals surface area (Å²) in [4.78, 5) is 19.0. The highest BCUT2D eigenvalue weighted by Gasteiger charge is 2.35. The number of hydrogen-bond donors (Lipinski definition) is 0. The number of hydrogen-bond acceptors (Lipinski definition) is 5. The van der Waals surface area contributed by atoms with Crippen LogP contribution in [-0.4, -0.2) is 53.5 Å². The van der Waals surface area contributed by atoms with Gasteiger partial charge in [-0.3, -0.25) is 4.79 Å². The molecule has 0 spiro atoms. The second-order valence-corrected chi connectivity index (χ2v) is 6.66. The number of nitrogens with zero attached hydrogens (tertiary/aromatic N) is 7. The van der Waals surface area contributed by atoms with Crippen molar-refractivity contribution in [2.45, 2.75) is 13.0 Å². The number of carbonyl (C=O) groups is 1. The molecule has 27 heavy (non-hydrogen) atoms. The molecule has 8 nitrogen and oxygen atoms in total. The average Bonchev–Trinajstić information content (AvgIpc) is 3.25.